The van der Waals surface area contributed by atoms with E-state index in [1.807, 2.05) is 72.0 Å². The van der Waals surface area contributed by atoms with Gasteiger partial charge in [-0.25, -0.2) is 15.0 Å². The molecule has 0 saturated heterocycles. The molecule has 4 heterocycles. The zero-order valence-corrected chi connectivity index (χ0v) is 34.7. The number of fused-ring (bicyclic) bond motifs is 9. The van der Waals surface area contributed by atoms with Gasteiger partial charge < -0.3 is 9.13 Å². The highest BCUT2D eigenvalue weighted by molar-refractivity contribution is 7.26. The van der Waals surface area contributed by atoms with Crippen LogP contribution < -0.4 is 0 Å². The Bertz CT molecular complexity index is 3850. The molecule has 6 heteroatoms. The van der Waals surface area contributed by atoms with Crippen molar-refractivity contribution in [1.29, 1.82) is 0 Å². The van der Waals surface area contributed by atoms with Gasteiger partial charge >= 0.3 is 0 Å². The minimum atomic E-state index is 0.632. The quantitative estimate of drug-likeness (QED) is 0.168. The summed E-state index contributed by atoms with van der Waals surface area (Å²) in [7, 11) is 0. The van der Waals surface area contributed by atoms with Gasteiger partial charge in [-0.05, 0) is 71.8 Å². The summed E-state index contributed by atoms with van der Waals surface area (Å²) in [6, 6.07) is 75.7. The van der Waals surface area contributed by atoms with E-state index in [0.29, 0.717) is 17.5 Å². The predicted molar refractivity (Wildman–Crippen MR) is 263 cm³/mol. The molecule has 13 rings (SSSR count). The van der Waals surface area contributed by atoms with Crippen LogP contribution in [0.3, 0.4) is 0 Å². The van der Waals surface area contributed by atoms with Crippen LogP contribution in [0.2, 0.25) is 0 Å². The summed E-state index contributed by atoms with van der Waals surface area (Å²) < 4.78 is 7.35. The molecule has 5 nitrogen and oxygen atoms in total. The van der Waals surface area contributed by atoms with Gasteiger partial charge in [-0.15, -0.1) is 11.3 Å². The Morgan fingerprint density at radius 2 is 0.778 bits per heavy atom. The van der Waals surface area contributed by atoms with Crippen LogP contribution in [-0.2, 0) is 0 Å². The molecule has 63 heavy (non-hydrogen) atoms. The summed E-state index contributed by atoms with van der Waals surface area (Å²) in [5.41, 5.74) is 12.2. The Morgan fingerprint density at radius 1 is 0.270 bits per heavy atom. The molecule has 294 valence electrons. The molecule has 0 atom stereocenters. The number of thiophene rings is 1. The fraction of sp³-hybridized carbons (Fsp3) is 0. The summed E-state index contributed by atoms with van der Waals surface area (Å²) in [6.45, 7) is 0. The van der Waals surface area contributed by atoms with Gasteiger partial charge in [0.15, 0.2) is 17.5 Å². The van der Waals surface area contributed by atoms with Crippen molar-refractivity contribution in [2.24, 2.45) is 0 Å². The van der Waals surface area contributed by atoms with Gasteiger partial charge in [-0.3, -0.25) is 0 Å². The van der Waals surface area contributed by atoms with E-state index in [9.17, 15) is 0 Å². The van der Waals surface area contributed by atoms with Crippen molar-refractivity contribution in [3.8, 4) is 56.7 Å². The number of nitrogens with zero attached hydrogens (tertiary/aromatic N) is 5. The van der Waals surface area contributed by atoms with Crippen molar-refractivity contribution in [2.45, 2.75) is 0 Å². The smallest absolute Gasteiger partial charge is 0.164 e. The number of benzene rings is 9. The van der Waals surface area contributed by atoms with Crippen LogP contribution in [-0.4, -0.2) is 24.1 Å². The lowest BCUT2D eigenvalue weighted by Crippen LogP contribution is -2.01. The van der Waals surface area contributed by atoms with E-state index >= 15 is 0 Å². The predicted octanol–water partition coefficient (Wildman–Crippen LogP) is 15.1. The molecule has 0 radical (unpaired) electrons. The zero-order valence-electron chi connectivity index (χ0n) is 33.9. The molecule has 13 aromatic rings. The first-order valence-corrected chi connectivity index (χ1v) is 22.0. The molecule has 0 aliphatic rings. The molecule has 0 bridgehead atoms. The SMILES string of the molecule is c1ccc(-c2ccc3c(c2)c2ccccc2n3-c2ccc3c(c2)sc2cc4c5ccccc5n(-c5cccc(-c6nc(-c7ccccc7)nc(-c7ccccc7)n6)c5)c4cc23)cc1. The van der Waals surface area contributed by atoms with Crippen molar-refractivity contribution < 1.29 is 0 Å². The monoisotopic (exact) mass is 821 g/mol. The van der Waals surface area contributed by atoms with Crippen LogP contribution >= 0.6 is 11.3 Å². The molecule has 0 aliphatic carbocycles. The van der Waals surface area contributed by atoms with Crippen molar-refractivity contribution in [1.82, 2.24) is 24.1 Å². The summed E-state index contributed by atoms with van der Waals surface area (Å²) >= 11 is 1.87. The highest BCUT2D eigenvalue weighted by Crippen LogP contribution is 2.43. The van der Waals surface area contributed by atoms with Gasteiger partial charge in [-0.2, -0.15) is 0 Å². The third kappa shape index (κ3) is 5.80. The van der Waals surface area contributed by atoms with Crippen molar-refractivity contribution in [2.75, 3.05) is 0 Å². The Hall–Kier alpha value is -8.19. The number of rotatable bonds is 6. The van der Waals surface area contributed by atoms with E-state index < -0.39 is 0 Å². The second-order valence-corrected chi connectivity index (χ2v) is 17.1. The second kappa shape index (κ2) is 14.2. The van der Waals surface area contributed by atoms with E-state index in [0.717, 1.165) is 39.1 Å². The highest BCUT2D eigenvalue weighted by atomic mass is 32.1. The van der Waals surface area contributed by atoms with Gasteiger partial charge in [0.05, 0.1) is 22.1 Å². The fourth-order valence-electron chi connectivity index (χ4n) is 9.43. The molecule has 0 fully saturated rings. The minimum Gasteiger partial charge on any atom is -0.309 e. The van der Waals surface area contributed by atoms with Gasteiger partial charge in [0.1, 0.15) is 0 Å². The standard InChI is InChI=1S/C57H35N5S/c1-4-15-36(16-5-1)39-27-30-51-46(32-39)43-23-10-12-25-49(43)61(51)42-28-29-45-48-34-52-47(35-54(48)63-53(45)33-42)44-24-11-13-26-50(44)62(52)41-22-14-21-40(31-41)57-59-55(37-17-6-2-7-18-37)58-56(60-57)38-19-8-3-9-20-38/h1-35H. The van der Waals surface area contributed by atoms with Crippen LogP contribution in [0, 0.1) is 0 Å². The lowest BCUT2D eigenvalue weighted by molar-refractivity contribution is 1.07. The van der Waals surface area contributed by atoms with Gasteiger partial charge in [0.2, 0.25) is 0 Å². The van der Waals surface area contributed by atoms with Crippen LogP contribution in [0.1, 0.15) is 0 Å². The Kier molecular flexibility index (Phi) is 8.01. The number of hydrogen-bond acceptors (Lipinski definition) is 4. The molecule has 0 saturated carbocycles. The van der Waals surface area contributed by atoms with E-state index in [2.05, 4.69) is 161 Å². The number of hydrogen-bond donors (Lipinski definition) is 0. The Morgan fingerprint density at radius 3 is 1.44 bits per heavy atom. The minimum absolute atomic E-state index is 0.632. The van der Waals surface area contributed by atoms with Crippen molar-refractivity contribution in [3.63, 3.8) is 0 Å². The normalized spacial score (nSPS) is 11.8. The Labute approximate surface area is 366 Å². The summed E-state index contributed by atoms with van der Waals surface area (Å²) in [5.74, 6) is 1.92. The molecule has 0 aliphatic heterocycles. The second-order valence-electron chi connectivity index (χ2n) is 16.0. The molecule has 0 N–H and O–H groups in total. The molecular formula is C57H35N5S. The highest BCUT2D eigenvalue weighted by Gasteiger charge is 2.19. The first-order chi connectivity index (χ1) is 31.2. The van der Waals surface area contributed by atoms with E-state index in [4.69, 9.17) is 15.0 Å². The third-order valence-electron chi connectivity index (χ3n) is 12.3. The lowest BCUT2D eigenvalue weighted by atomic mass is 10.0. The van der Waals surface area contributed by atoms with Crippen molar-refractivity contribution in [3.05, 3.63) is 212 Å². The summed E-state index contributed by atoms with van der Waals surface area (Å²) in [6.07, 6.45) is 0. The van der Waals surface area contributed by atoms with Crippen LogP contribution in [0.15, 0.2) is 212 Å². The summed E-state index contributed by atoms with van der Waals surface area (Å²) in [4.78, 5) is 15.1. The van der Waals surface area contributed by atoms with Gasteiger partial charge in [0, 0.05) is 69.8 Å². The van der Waals surface area contributed by atoms with Crippen LogP contribution in [0.5, 0.6) is 0 Å². The average Bonchev–Trinajstić information content (AvgIpc) is 4.00. The van der Waals surface area contributed by atoms with E-state index in [-0.39, 0.29) is 0 Å². The van der Waals surface area contributed by atoms with Crippen LogP contribution in [0.4, 0.5) is 0 Å². The first kappa shape index (κ1) is 35.6. The molecule has 0 spiro atoms. The fourth-order valence-corrected chi connectivity index (χ4v) is 10.6. The molecule has 9 aromatic carbocycles. The largest absolute Gasteiger partial charge is 0.309 e. The van der Waals surface area contributed by atoms with E-state index in [1.54, 1.807) is 0 Å². The van der Waals surface area contributed by atoms with Crippen molar-refractivity contribution >= 4 is 75.1 Å². The van der Waals surface area contributed by atoms with Gasteiger partial charge in [-0.1, -0.05) is 152 Å². The number of para-hydroxylation sites is 2. The zero-order chi connectivity index (χ0) is 41.4. The topological polar surface area (TPSA) is 48.5 Å². The Balaban J connectivity index is 0.961. The lowest BCUT2D eigenvalue weighted by Gasteiger charge is -2.11. The average molecular weight is 822 g/mol. The molecule has 0 unspecified atom stereocenters. The maximum atomic E-state index is 5.06. The first-order valence-electron chi connectivity index (χ1n) is 21.2. The summed E-state index contributed by atoms with van der Waals surface area (Å²) in [5, 5.41) is 7.46. The maximum Gasteiger partial charge on any atom is 0.164 e. The third-order valence-corrected chi connectivity index (χ3v) is 13.5. The molecule has 0 amide bonds. The maximum absolute atomic E-state index is 5.06. The molecular weight excluding hydrogens is 787 g/mol. The van der Waals surface area contributed by atoms with E-state index in [1.165, 1.54) is 63.9 Å². The van der Waals surface area contributed by atoms with Gasteiger partial charge in [0.25, 0.3) is 0 Å². The number of aromatic nitrogens is 5. The van der Waals surface area contributed by atoms with Crippen LogP contribution in [0.25, 0.3) is 120 Å². The molecule has 4 aromatic heterocycles.